The molecule has 0 aliphatic heterocycles. The Balaban J connectivity index is 0. The van der Waals surface area contributed by atoms with E-state index in [1.165, 1.54) is 0 Å². The molecule has 0 aromatic heterocycles. The van der Waals surface area contributed by atoms with Crippen molar-refractivity contribution in [2.24, 2.45) is 0 Å². The molecule has 14 heavy (non-hydrogen) atoms. The highest BCUT2D eigenvalue weighted by atomic mass is 16.4. The molecule has 0 saturated heterocycles. The van der Waals surface area contributed by atoms with Crippen LogP contribution in [-0.2, 0) is 9.59 Å². The molecule has 0 aromatic carbocycles. The summed E-state index contributed by atoms with van der Waals surface area (Å²) in [7, 11) is 0. The Morgan fingerprint density at radius 3 is 1.36 bits per heavy atom. The van der Waals surface area contributed by atoms with Gasteiger partial charge in [-0.2, -0.15) is 0 Å². The molecule has 0 aliphatic rings. The molecule has 5 N–H and O–H groups in total. The molecular weight excluding hydrogens is 196 g/mol. The number of hydrogen-bond donors (Lipinski definition) is 5. The van der Waals surface area contributed by atoms with Crippen molar-refractivity contribution < 1.29 is 35.1 Å². The van der Waals surface area contributed by atoms with Gasteiger partial charge in [0.15, 0.2) is 12.2 Å². The van der Waals surface area contributed by atoms with E-state index in [2.05, 4.69) is 0 Å². The van der Waals surface area contributed by atoms with Gasteiger partial charge in [0.05, 0.1) is 0 Å². The lowest BCUT2D eigenvalue weighted by Gasteiger charge is -2.07. The minimum atomic E-state index is -2.27. The Kier molecular flexibility index (Phi) is 9.20. The van der Waals surface area contributed by atoms with E-state index in [4.69, 9.17) is 25.5 Å². The summed E-state index contributed by atoms with van der Waals surface area (Å²) < 4.78 is 0. The lowest BCUT2D eigenvalue weighted by atomic mass is 10.2. The first kappa shape index (κ1) is 15.3. The number of rotatable bonds is 4. The van der Waals surface area contributed by atoms with Crippen molar-refractivity contribution in [3.63, 3.8) is 0 Å². The molecule has 7 heteroatoms. The molecule has 0 bridgehead atoms. The first-order chi connectivity index (χ1) is 6.38. The van der Waals surface area contributed by atoms with Crippen molar-refractivity contribution in [3.05, 3.63) is 0 Å². The summed E-state index contributed by atoms with van der Waals surface area (Å²) in [5.74, 6) is -3.54. The van der Waals surface area contributed by atoms with Gasteiger partial charge in [0.2, 0.25) is 0 Å². The predicted octanol–water partition coefficient (Wildman–Crippen LogP) is -1.73. The summed E-state index contributed by atoms with van der Waals surface area (Å²) in [6.45, 7) is 2.25. The highest BCUT2D eigenvalue weighted by Crippen LogP contribution is 1.92. The summed E-state index contributed by atoms with van der Waals surface area (Å²) in [4.78, 5) is 19.5. The van der Waals surface area contributed by atoms with Gasteiger partial charge in [-0.3, -0.25) is 0 Å². The highest BCUT2D eigenvalue weighted by molar-refractivity contribution is 5.82. The Morgan fingerprint density at radius 1 is 1.07 bits per heavy atom. The smallest absolute Gasteiger partial charge is 0.335 e. The predicted molar refractivity (Wildman–Crippen MR) is 44.7 cm³/mol. The average Bonchev–Trinajstić information content (AvgIpc) is 2.15. The maximum atomic E-state index is 9.77. The molecule has 0 radical (unpaired) electrons. The van der Waals surface area contributed by atoms with Crippen molar-refractivity contribution in [3.8, 4) is 0 Å². The first-order valence-corrected chi connectivity index (χ1v) is 3.81. The van der Waals surface area contributed by atoms with Gasteiger partial charge in [-0.1, -0.05) is 6.92 Å². The van der Waals surface area contributed by atoms with E-state index < -0.39 is 24.1 Å². The van der Waals surface area contributed by atoms with E-state index in [9.17, 15) is 9.59 Å². The zero-order valence-electron chi connectivity index (χ0n) is 7.62. The molecule has 0 unspecified atom stereocenters. The molecule has 0 rings (SSSR count). The van der Waals surface area contributed by atoms with Gasteiger partial charge in [0, 0.05) is 6.61 Å². The van der Waals surface area contributed by atoms with Crippen LogP contribution in [0, 0.1) is 0 Å². The minimum Gasteiger partial charge on any atom is -0.479 e. The summed E-state index contributed by atoms with van der Waals surface area (Å²) in [6.07, 6.45) is -3.66. The van der Waals surface area contributed by atoms with Crippen LogP contribution in [0.4, 0.5) is 0 Å². The summed E-state index contributed by atoms with van der Waals surface area (Å²) in [5.41, 5.74) is 0. The zero-order valence-corrected chi connectivity index (χ0v) is 7.62. The molecule has 0 spiro atoms. The van der Waals surface area contributed by atoms with E-state index in [1.54, 1.807) is 0 Å². The van der Waals surface area contributed by atoms with Crippen molar-refractivity contribution >= 4 is 11.9 Å². The Labute approximate surface area is 80.2 Å². The topological polar surface area (TPSA) is 135 Å². The lowest BCUT2D eigenvalue weighted by molar-refractivity contribution is -0.165. The van der Waals surface area contributed by atoms with Gasteiger partial charge in [-0.25, -0.2) is 9.59 Å². The number of aliphatic carboxylic acids is 2. The number of aliphatic hydroxyl groups excluding tert-OH is 3. The summed E-state index contributed by atoms with van der Waals surface area (Å²) in [5, 5.41) is 40.4. The van der Waals surface area contributed by atoms with Crippen LogP contribution in [-0.4, -0.2) is 56.3 Å². The zero-order chi connectivity index (χ0) is 11.7. The molecular formula is C7H14O7. The number of carbonyl (C=O) groups is 2. The lowest BCUT2D eigenvalue weighted by Crippen LogP contribution is -2.39. The van der Waals surface area contributed by atoms with E-state index in [1.807, 2.05) is 6.92 Å². The molecule has 0 aromatic rings. The number of aliphatic hydroxyl groups is 3. The first-order valence-electron chi connectivity index (χ1n) is 3.81. The van der Waals surface area contributed by atoms with Crippen LogP contribution in [0.1, 0.15) is 13.3 Å². The Hall–Kier alpha value is -1.18. The maximum absolute atomic E-state index is 9.77. The summed E-state index contributed by atoms with van der Waals surface area (Å²) in [6, 6.07) is 0. The fraction of sp³-hybridized carbons (Fsp3) is 0.714. The third kappa shape index (κ3) is 7.47. The van der Waals surface area contributed by atoms with Gasteiger partial charge < -0.3 is 25.5 Å². The van der Waals surface area contributed by atoms with E-state index in [-0.39, 0.29) is 0 Å². The fourth-order valence-corrected chi connectivity index (χ4v) is 0.270. The van der Waals surface area contributed by atoms with E-state index >= 15 is 0 Å². The third-order valence-electron chi connectivity index (χ3n) is 1.03. The molecule has 0 saturated carbocycles. The normalized spacial score (nSPS) is 13.4. The van der Waals surface area contributed by atoms with E-state index in [0.717, 1.165) is 6.42 Å². The van der Waals surface area contributed by atoms with Gasteiger partial charge in [0.25, 0.3) is 0 Å². The standard InChI is InChI=1S/C4H6O6.C3H8O/c5-1(3(7)8)2(6)4(9)10;1-2-3-4/h1-2,5-6H,(H,7,8)(H,9,10);4H,2-3H2,1H3/t1-,2-;/m1./s1. The molecule has 0 aliphatic carbocycles. The second kappa shape index (κ2) is 8.42. The molecule has 84 valence electrons. The second-order valence-electron chi connectivity index (χ2n) is 2.29. The largest absolute Gasteiger partial charge is 0.479 e. The number of carboxylic acid groups (broad SMARTS) is 2. The van der Waals surface area contributed by atoms with Crippen molar-refractivity contribution in [1.29, 1.82) is 0 Å². The summed E-state index contributed by atoms with van der Waals surface area (Å²) >= 11 is 0. The van der Waals surface area contributed by atoms with Gasteiger partial charge in [-0.15, -0.1) is 0 Å². The number of hydrogen-bond acceptors (Lipinski definition) is 5. The van der Waals surface area contributed by atoms with Crippen molar-refractivity contribution in [2.45, 2.75) is 25.6 Å². The molecule has 0 amide bonds. The fourth-order valence-electron chi connectivity index (χ4n) is 0.270. The molecule has 2 atom stereocenters. The van der Waals surface area contributed by atoms with Gasteiger partial charge >= 0.3 is 11.9 Å². The molecule has 7 nitrogen and oxygen atoms in total. The highest BCUT2D eigenvalue weighted by Gasteiger charge is 2.29. The van der Waals surface area contributed by atoms with E-state index in [0.29, 0.717) is 6.61 Å². The van der Waals surface area contributed by atoms with Crippen molar-refractivity contribution in [2.75, 3.05) is 6.61 Å². The third-order valence-corrected chi connectivity index (χ3v) is 1.03. The van der Waals surface area contributed by atoms with Gasteiger partial charge in [-0.05, 0) is 6.42 Å². The van der Waals surface area contributed by atoms with Crippen LogP contribution in [0.5, 0.6) is 0 Å². The van der Waals surface area contributed by atoms with Crippen molar-refractivity contribution in [1.82, 2.24) is 0 Å². The SMILES string of the molecule is CCCO.O=C(O)[C@H](O)[C@@H](O)C(=O)O. The monoisotopic (exact) mass is 210 g/mol. The molecule has 0 fully saturated rings. The van der Waals surface area contributed by atoms with Crippen LogP contribution in [0.15, 0.2) is 0 Å². The van der Waals surface area contributed by atoms with Crippen LogP contribution < -0.4 is 0 Å². The average molecular weight is 210 g/mol. The van der Waals surface area contributed by atoms with Crippen LogP contribution >= 0.6 is 0 Å². The van der Waals surface area contributed by atoms with Crippen LogP contribution in [0.2, 0.25) is 0 Å². The minimum absolute atomic E-state index is 0.319. The quantitative estimate of drug-likeness (QED) is 0.372. The van der Waals surface area contributed by atoms with Crippen LogP contribution in [0.25, 0.3) is 0 Å². The Bertz CT molecular complexity index is 159. The Morgan fingerprint density at radius 2 is 1.29 bits per heavy atom. The van der Waals surface area contributed by atoms with Gasteiger partial charge in [0.1, 0.15) is 0 Å². The second-order valence-corrected chi connectivity index (χ2v) is 2.29. The molecule has 0 heterocycles. The number of carboxylic acids is 2. The maximum Gasteiger partial charge on any atom is 0.335 e. The van der Waals surface area contributed by atoms with Crippen LogP contribution in [0.3, 0.4) is 0 Å².